The molecular formula is C21H24BrClN4O3S. The van der Waals surface area contributed by atoms with E-state index < -0.39 is 15.9 Å². The Labute approximate surface area is 195 Å². The predicted octanol–water partition coefficient (Wildman–Crippen LogP) is 4.76. The second-order valence-corrected chi connectivity index (χ2v) is 10.6. The van der Waals surface area contributed by atoms with Gasteiger partial charge in [-0.15, -0.1) is 0 Å². The number of aryl methyl sites for hydroxylation is 2. The molecule has 1 N–H and O–H groups in total. The summed E-state index contributed by atoms with van der Waals surface area (Å²) in [5.41, 5.74) is 2.81. The molecule has 0 atom stereocenters. The van der Waals surface area contributed by atoms with Gasteiger partial charge in [0.1, 0.15) is 17.0 Å². The SMILES string of the molecule is CCCCCS(=O)(=O)NC(=O)c1cc(C)c2nc(C)n(Cc3ccc(Br)cc3Cl)c2n1. The van der Waals surface area contributed by atoms with Gasteiger partial charge in [-0.3, -0.25) is 4.79 Å². The van der Waals surface area contributed by atoms with Crippen LogP contribution in [0.5, 0.6) is 0 Å². The van der Waals surface area contributed by atoms with Gasteiger partial charge in [0.25, 0.3) is 5.91 Å². The van der Waals surface area contributed by atoms with Gasteiger partial charge in [-0.05, 0) is 49.6 Å². The number of carbonyl (C=O) groups is 1. The van der Waals surface area contributed by atoms with Crippen LogP contribution >= 0.6 is 27.5 Å². The monoisotopic (exact) mass is 526 g/mol. The first kappa shape index (κ1) is 23.7. The zero-order valence-corrected chi connectivity index (χ0v) is 20.7. The van der Waals surface area contributed by atoms with Crippen molar-refractivity contribution in [1.82, 2.24) is 19.3 Å². The molecule has 0 bridgehead atoms. The fourth-order valence-electron chi connectivity index (χ4n) is 3.26. The van der Waals surface area contributed by atoms with E-state index >= 15 is 0 Å². The summed E-state index contributed by atoms with van der Waals surface area (Å²) in [4.78, 5) is 21.7. The number of pyridine rings is 1. The van der Waals surface area contributed by atoms with E-state index in [1.54, 1.807) is 6.07 Å². The molecule has 31 heavy (non-hydrogen) atoms. The van der Waals surface area contributed by atoms with Crippen molar-refractivity contribution in [1.29, 1.82) is 0 Å². The summed E-state index contributed by atoms with van der Waals surface area (Å²) in [7, 11) is -3.71. The first-order valence-electron chi connectivity index (χ1n) is 9.94. The molecule has 166 valence electrons. The lowest BCUT2D eigenvalue weighted by Crippen LogP contribution is -2.33. The predicted molar refractivity (Wildman–Crippen MR) is 126 cm³/mol. The summed E-state index contributed by atoms with van der Waals surface area (Å²) in [5, 5.41) is 0.597. The molecule has 0 saturated carbocycles. The Hall–Kier alpha value is -1.97. The quantitative estimate of drug-likeness (QED) is 0.426. The third-order valence-electron chi connectivity index (χ3n) is 4.93. The molecule has 1 amide bonds. The number of amides is 1. The van der Waals surface area contributed by atoms with E-state index in [1.807, 2.05) is 43.5 Å². The number of halogens is 2. The van der Waals surface area contributed by atoms with Gasteiger partial charge in [0.2, 0.25) is 10.0 Å². The third-order valence-corrected chi connectivity index (χ3v) is 7.09. The molecule has 2 heterocycles. The highest BCUT2D eigenvalue weighted by molar-refractivity contribution is 9.10. The zero-order chi connectivity index (χ0) is 22.8. The average Bonchev–Trinajstić information content (AvgIpc) is 3.00. The fraction of sp³-hybridized carbons (Fsp3) is 0.381. The Kier molecular flexibility index (Phi) is 7.39. The van der Waals surface area contributed by atoms with E-state index in [0.29, 0.717) is 35.0 Å². The second kappa shape index (κ2) is 9.67. The number of imidazole rings is 1. The van der Waals surface area contributed by atoms with Crippen molar-refractivity contribution in [3.05, 3.63) is 56.4 Å². The van der Waals surface area contributed by atoms with E-state index in [1.165, 1.54) is 0 Å². The van der Waals surface area contributed by atoms with E-state index in [0.717, 1.165) is 28.4 Å². The molecule has 0 aliphatic carbocycles. The molecule has 0 fully saturated rings. The van der Waals surface area contributed by atoms with Gasteiger partial charge in [0.15, 0.2) is 5.65 Å². The van der Waals surface area contributed by atoms with E-state index in [4.69, 9.17) is 11.6 Å². The molecule has 3 rings (SSSR count). The molecule has 7 nitrogen and oxygen atoms in total. The molecule has 2 aromatic heterocycles. The molecule has 10 heteroatoms. The molecule has 0 saturated heterocycles. The van der Waals surface area contributed by atoms with Crippen molar-refractivity contribution >= 4 is 54.6 Å². The first-order chi connectivity index (χ1) is 14.6. The molecular weight excluding hydrogens is 504 g/mol. The summed E-state index contributed by atoms with van der Waals surface area (Å²) >= 11 is 9.77. The lowest BCUT2D eigenvalue weighted by atomic mass is 10.2. The van der Waals surface area contributed by atoms with Gasteiger partial charge in [-0.2, -0.15) is 0 Å². The number of fused-ring (bicyclic) bond motifs is 1. The van der Waals surface area contributed by atoms with Crippen LogP contribution in [0.15, 0.2) is 28.7 Å². The van der Waals surface area contributed by atoms with Crippen LogP contribution in [0.4, 0.5) is 0 Å². The average molecular weight is 528 g/mol. The van der Waals surface area contributed by atoms with Crippen molar-refractivity contribution in [2.75, 3.05) is 5.75 Å². The van der Waals surface area contributed by atoms with Crippen LogP contribution in [0.2, 0.25) is 5.02 Å². The molecule has 0 unspecified atom stereocenters. The molecule has 0 aliphatic heterocycles. The highest BCUT2D eigenvalue weighted by Crippen LogP contribution is 2.25. The third kappa shape index (κ3) is 5.64. The smallest absolute Gasteiger partial charge is 0.283 e. The standard InChI is InChI=1S/C21H24BrClN4O3S/c1-4-5-6-9-31(29,30)26-21(28)18-10-13(2)19-20(25-18)27(14(3)24-19)12-15-7-8-16(22)11-17(15)23/h7-8,10-11H,4-6,9,12H2,1-3H3,(H,26,28). The maximum atomic E-state index is 12.6. The Morgan fingerprint density at radius 2 is 1.94 bits per heavy atom. The minimum Gasteiger partial charge on any atom is -0.308 e. The lowest BCUT2D eigenvalue weighted by molar-refractivity contribution is 0.0976. The summed E-state index contributed by atoms with van der Waals surface area (Å²) in [6.07, 6.45) is 2.19. The number of hydrogen-bond donors (Lipinski definition) is 1. The highest BCUT2D eigenvalue weighted by Gasteiger charge is 2.20. The summed E-state index contributed by atoms with van der Waals surface area (Å²) < 4.78 is 29.3. The number of sulfonamides is 1. The number of hydrogen-bond acceptors (Lipinski definition) is 5. The fourth-order valence-corrected chi connectivity index (χ4v) is 5.07. The topological polar surface area (TPSA) is 94.0 Å². The number of aromatic nitrogens is 3. The van der Waals surface area contributed by atoms with E-state index in [9.17, 15) is 13.2 Å². The highest BCUT2D eigenvalue weighted by atomic mass is 79.9. The minimum atomic E-state index is -3.71. The number of carbonyl (C=O) groups excluding carboxylic acids is 1. The van der Waals surface area contributed by atoms with Crippen molar-refractivity contribution < 1.29 is 13.2 Å². The molecule has 3 aromatic rings. The summed E-state index contributed by atoms with van der Waals surface area (Å²) in [6.45, 7) is 6.08. The molecule has 1 aromatic carbocycles. The zero-order valence-electron chi connectivity index (χ0n) is 17.6. The van der Waals surface area contributed by atoms with E-state index in [2.05, 4.69) is 30.6 Å². The Balaban J connectivity index is 1.94. The van der Waals surface area contributed by atoms with Gasteiger partial charge < -0.3 is 4.57 Å². The number of benzene rings is 1. The van der Waals surface area contributed by atoms with Crippen LogP contribution < -0.4 is 4.72 Å². The Morgan fingerprint density at radius 1 is 1.19 bits per heavy atom. The van der Waals surface area contributed by atoms with Crippen LogP contribution in [0.25, 0.3) is 11.2 Å². The number of unbranched alkanes of at least 4 members (excludes halogenated alkanes) is 2. The minimum absolute atomic E-state index is 0.0344. The molecule has 0 spiro atoms. The van der Waals surface area contributed by atoms with Crippen LogP contribution in [-0.2, 0) is 16.6 Å². The Morgan fingerprint density at radius 3 is 2.61 bits per heavy atom. The van der Waals surface area contributed by atoms with Crippen LogP contribution in [0, 0.1) is 13.8 Å². The maximum absolute atomic E-state index is 12.6. The first-order valence-corrected chi connectivity index (χ1v) is 12.8. The summed E-state index contributed by atoms with van der Waals surface area (Å²) in [5.74, 6) is -0.115. The van der Waals surface area contributed by atoms with Gasteiger partial charge in [-0.1, -0.05) is 53.4 Å². The number of rotatable bonds is 8. The lowest BCUT2D eigenvalue weighted by Gasteiger charge is -2.10. The number of nitrogens with zero attached hydrogens (tertiary/aromatic N) is 3. The van der Waals surface area contributed by atoms with Crippen LogP contribution in [0.1, 0.15) is 53.6 Å². The number of nitrogens with one attached hydrogen (secondary N) is 1. The Bertz CT molecular complexity index is 1240. The van der Waals surface area contributed by atoms with Gasteiger partial charge in [-0.25, -0.2) is 23.1 Å². The van der Waals surface area contributed by atoms with Gasteiger partial charge >= 0.3 is 0 Å². The normalized spacial score (nSPS) is 11.8. The molecule has 0 aliphatic rings. The van der Waals surface area contributed by atoms with Crippen molar-refractivity contribution in [2.24, 2.45) is 0 Å². The molecule has 0 radical (unpaired) electrons. The summed E-state index contributed by atoms with van der Waals surface area (Å²) in [6, 6.07) is 7.18. The van der Waals surface area contributed by atoms with Gasteiger partial charge in [0.05, 0.1) is 12.3 Å². The maximum Gasteiger partial charge on any atom is 0.283 e. The second-order valence-electron chi connectivity index (χ2n) is 7.43. The van der Waals surface area contributed by atoms with Crippen molar-refractivity contribution in [2.45, 2.75) is 46.6 Å². The van der Waals surface area contributed by atoms with Crippen LogP contribution in [-0.4, -0.2) is 34.6 Å². The van der Waals surface area contributed by atoms with E-state index in [-0.39, 0.29) is 11.4 Å². The van der Waals surface area contributed by atoms with Crippen molar-refractivity contribution in [3.63, 3.8) is 0 Å². The van der Waals surface area contributed by atoms with Gasteiger partial charge in [0, 0.05) is 9.50 Å². The van der Waals surface area contributed by atoms with Crippen molar-refractivity contribution in [3.8, 4) is 0 Å². The van der Waals surface area contributed by atoms with Crippen LogP contribution in [0.3, 0.4) is 0 Å². The largest absolute Gasteiger partial charge is 0.308 e.